The Morgan fingerprint density at radius 1 is 1.35 bits per heavy atom. The first kappa shape index (κ1) is 14.4. The lowest BCUT2D eigenvalue weighted by molar-refractivity contribution is -0.141. The predicted octanol–water partition coefficient (Wildman–Crippen LogP) is 2.11. The van der Waals surface area contributed by atoms with Crippen molar-refractivity contribution in [3.8, 4) is 0 Å². The van der Waals surface area contributed by atoms with Crippen LogP contribution in [0, 0.1) is 0 Å². The standard InChI is InChI=1S/C12H17NO2S2/c1-15-12(14)11(13)8-17-9-16-7-10-5-3-2-4-6-10/h2-6,11H,7-9,13H2,1H3/t11-/m1/s1. The molecular weight excluding hydrogens is 254 g/mol. The number of carbonyl (C=O) groups is 1. The number of methoxy groups -OCH3 is 1. The van der Waals surface area contributed by atoms with Gasteiger partial charge in [0.25, 0.3) is 0 Å². The summed E-state index contributed by atoms with van der Waals surface area (Å²) in [7, 11) is 1.36. The summed E-state index contributed by atoms with van der Waals surface area (Å²) in [6.07, 6.45) is 0. The van der Waals surface area contributed by atoms with E-state index in [0.717, 1.165) is 10.8 Å². The van der Waals surface area contributed by atoms with Gasteiger partial charge in [-0.3, -0.25) is 4.79 Å². The van der Waals surface area contributed by atoms with Gasteiger partial charge < -0.3 is 10.5 Å². The van der Waals surface area contributed by atoms with Crippen LogP contribution in [0.25, 0.3) is 0 Å². The molecule has 0 bridgehead atoms. The van der Waals surface area contributed by atoms with E-state index in [9.17, 15) is 4.79 Å². The molecule has 0 unspecified atom stereocenters. The van der Waals surface area contributed by atoms with Gasteiger partial charge in [0, 0.05) is 16.6 Å². The monoisotopic (exact) mass is 271 g/mol. The van der Waals surface area contributed by atoms with Crippen LogP contribution in [0.2, 0.25) is 0 Å². The Balaban J connectivity index is 2.07. The molecule has 0 aliphatic carbocycles. The van der Waals surface area contributed by atoms with Crippen LogP contribution in [-0.4, -0.2) is 30.0 Å². The van der Waals surface area contributed by atoms with Crippen molar-refractivity contribution in [1.82, 2.24) is 0 Å². The summed E-state index contributed by atoms with van der Waals surface area (Å²) in [6, 6.07) is 9.79. The topological polar surface area (TPSA) is 52.3 Å². The first-order valence-corrected chi connectivity index (χ1v) is 7.58. The van der Waals surface area contributed by atoms with Crippen LogP contribution in [0.1, 0.15) is 5.56 Å². The second kappa shape index (κ2) is 8.44. The summed E-state index contributed by atoms with van der Waals surface area (Å²) < 4.78 is 4.55. The van der Waals surface area contributed by atoms with Crippen molar-refractivity contribution in [2.24, 2.45) is 5.73 Å². The third kappa shape index (κ3) is 6.00. The zero-order chi connectivity index (χ0) is 12.5. The van der Waals surface area contributed by atoms with Gasteiger partial charge in [0.05, 0.1) is 7.11 Å². The fourth-order valence-electron chi connectivity index (χ4n) is 1.19. The molecule has 2 N–H and O–H groups in total. The van der Waals surface area contributed by atoms with Gasteiger partial charge in [-0.25, -0.2) is 0 Å². The fourth-order valence-corrected chi connectivity index (χ4v) is 3.19. The van der Waals surface area contributed by atoms with Crippen molar-refractivity contribution in [2.45, 2.75) is 11.8 Å². The normalized spacial score (nSPS) is 12.1. The summed E-state index contributed by atoms with van der Waals surface area (Å²) in [5, 5.41) is 0.930. The maximum atomic E-state index is 11.0. The minimum Gasteiger partial charge on any atom is -0.468 e. The molecule has 1 aromatic carbocycles. The summed E-state index contributed by atoms with van der Waals surface area (Å²) in [5.74, 6) is 1.25. The number of ether oxygens (including phenoxy) is 1. The van der Waals surface area contributed by atoms with Gasteiger partial charge in [-0.15, -0.1) is 23.5 Å². The predicted molar refractivity (Wildman–Crippen MR) is 75.1 cm³/mol. The number of hydrogen-bond acceptors (Lipinski definition) is 5. The van der Waals surface area contributed by atoms with E-state index in [1.54, 1.807) is 11.8 Å². The zero-order valence-electron chi connectivity index (χ0n) is 9.80. The number of carbonyl (C=O) groups excluding carboxylic acids is 1. The number of hydrogen-bond donors (Lipinski definition) is 1. The van der Waals surface area contributed by atoms with Gasteiger partial charge in [0.15, 0.2) is 0 Å². The molecule has 0 aromatic heterocycles. The van der Waals surface area contributed by atoms with Crippen molar-refractivity contribution in [3.63, 3.8) is 0 Å². The highest BCUT2D eigenvalue weighted by atomic mass is 32.2. The third-order valence-corrected chi connectivity index (χ3v) is 4.55. The Bertz CT molecular complexity index is 333. The van der Waals surface area contributed by atoms with Crippen LogP contribution in [0.3, 0.4) is 0 Å². The highest BCUT2D eigenvalue weighted by molar-refractivity contribution is 8.15. The number of rotatable bonds is 7. The Labute approximate surface area is 110 Å². The van der Waals surface area contributed by atoms with E-state index >= 15 is 0 Å². The molecule has 0 spiro atoms. The van der Waals surface area contributed by atoms with E-state index in [1.807, 2.05) is 30.0 Å². The average Bonchev–Trinajstić information content (AvgIpc) is 2.38. The van der Waals surface area contributed by atoms with Crippen LogP contribution >= 0.6 is 23.5 Å². The van der Waals surface area contributed by atoms with E-state index < -0.39 is 6.04 Å². The number of nitrogens with two attached hydrogens (primary N) is 1. The molecule has 1 atom stereocenters. The molecule has 0 heterocycles. The minimum absolute atomic E-state index is 0.342. The van der Waals surface area contributed by atoms with Crippen molar-refractivity contribution in [3.05, 3.63) is 35.9 Å². The highest BCUT2D eigenvalue weighted by Gasteiger charge is 2.12. The maximum Gasteiger partial charge on any atom is 0.323 e. The van der Waals surface area contributed by atoms with Crippen LogP contribution in [-0.2, 0) is 15.3 Å². The van der Waals surface area contributed by atoms with Crippen molar-refractivity contribution >= 4 is 29.5 Å². The van der Waals surface area contributed by atoms with Crippen molar-refractivity contribution in [2.75, 3.05) is 17.9 Å². The lowest BCUT2D eigenvalue weighted by Gasteiger charge is -2.08. The molecule has 1 rings (SSSR count). The van der Waals surface area contributed by atoms with Gasteiger partial charge in [-0.1, -0.05) is 30.3 Å². The SMILES string of the molecule is COC(=O)[C@H](N)CSCSCc1ccccc1. The summed E-state index contributed by atoms with van der Waals surface area (Å²) >= 11 is 3.48. The largest absolute Gasteiger partial charge is 0.468 e. The minimum atomic E-state index is -0.512. The van der Waals surface area contributed by atoms with E-state index in [0.29, 0.717) is 5.75 Å². The third-order valence-electron chi connectivity index (χ3n) is 2.08. The molecule has 0 saturated carbocycles. The van der Waals surface area contributed by atoms with E-state index in [1.165, 1.54) is 12.7 Å². The molecule has 0 fully saturated rings. The molecule has 0 aliphatic heterocycles. The Morgan fingerprint density at radius 2 is 2.06 bits per heavy atom. The first-order chi connectivity index (χ1) is 8.24. The number of benzene rings is 1. The second-order valence-corrected chi connectivity index (χ2v) is 5.83. The van der Waals surface area contributed by atoms with E-state index in [4.69, 9.17) is 5.73 Å². The van der Waals surface area contributed by atoms with Gasteiger partial charge in [-0.05, 0) is 5.56 Å². The summed E-state index contributed by atoms with van der Waals surface area (Å²) in [5.41, 5.74) is 6.93. The highest BCUT2D eigenvalue weighted by Crippen LogP contribution is 2.17. The first-order valence-electron chi connectivity index (χ1n) is 5.27. The van der Waals surface area contributed by atoms with Gasteiger partial charge in [-0.2, -0.15) is 0 Å². The summed E-state index contributed by atoms with van der Waals surface area (Å²) in [6.45, 7) is 0. The lowest BCUT2D eigenvalue weighted by Crippen LogP contribution is -2.33. The number of thioether (sulfide) groups is 2. The van der Waals surface area contributed by atoms with Gasteiger partial charge >= 0.3 is 5.97 Å². The second-order valence-electron chi connectivity index (χ2n) is 3.45. The Hall–Kier alpha value is -0.650. The smallest absolute Gasteiger partial charge is 0.323 e. The van der Waals surface area contributed by atoms with Gasteiger partial charge in [0.1, 0.15) is 6.04 Å². The van der Waals surface area contributed by atoms with Crippen LogP contribution in [0.5, 0.6) is 0 Å². The molecule has 3 nitrogen and oxygen atoms in total. The molecule has 1 aromatic rings. The molecule has 0 radical (unpaired) electrons. The van der Waals surface area contributed by atoms with Crippen molar-refractivity contribution < 1.29 is 9.53 Å². The van der Waals surface area contributed by atoms with E-state index in [2.05, 4.69) is 16.9 Å². The van der Waals surface area contributed by atoms with Gasteiger partial charge in [0.2, 0.25) is 0 Å². The molecule has 94 valence electrons. The fraction of sp³-hybridized carbons (Fsp3) is 0.417. The average molecular weight is 271 g/mol. The van der Waals surface area contributed by atoms with E-state index in [-0.39, 0.29) is 5.97 Å². The molecule has 0 amide bonds. The lowest BCUT2D eigenvalue weighted by atomic mass is 10.2. The van der Waals surface area contributed by atoms with Crippen molar-refractivity contribution in [1.29, 1.82) is 0 Å². The molecular formula is C12H17NO2S2. The Morgan fingerprint density at radius 3 is 2.71 bits per heavy atom. The van der Waals surface area contributed by atoms with Crippen LogP contribution in [0.15, 0.2) is 30.3 Å². The Kier molecular flexibility index (Phi) is 7.16. The molecule has 0 saturated heterocycles. The molecule has 0 aliphatic rings. The van der Waals surface area contributed by atoms with Crippen LogP contribution < -0.4 is 5.73 Å². The maximum absolute atomic E-state index is 11.0. The number of esters is 1. The molecule has 5 heteroatoms. The quantitative estimate of drug-likeness (QED) is 0.467. The zero-order valence-corrected chi connectivity index (χ0v) is 11.4. The van der Waals surface area contributed by atoms with Crippen LogP contribution in [0.4, 0.5) is 0 Å². The summed E-state index contributed by atoms with van der Waals surface area (Å²) in [4.78, 5) is 11.0. The molecule has 17 heavy (non-hydrogen) atoms.